The third kappa shape index (κ3) is 2.37. The second-order valence-electron chi connectivity index (χ2n) is 2.71. The fourth-order valence-electron chi connectivity index (χ4n) is 0.813. The first-order valence-electron chi connectivity index (χ1n) is 3.55. The average Bonchev–Trinajstić information content (AvgIpc) is 2.03. The molecule has 0 aliphatic rings. The van der Waals surface area contributed by atoms with Crippen LogP contribution in [0.3, 0.4) is 0 Å². The summed E-state index contributed by atoms with van der Waals surface area (Å²) in [6.45, 7) is 0. The van der Waals surface area contributed by atoms with Crippen molar-refractivity contribution in [3.05, 3.63) is 29.6 Å². The summed E-state index contributed by atoms with van der Waals surface area (Å²) in [6, 6.07) is 4.54. The Morgan fingerprint density at radius 2 is 2.00 bits per heavy atom. The van der Waals surface area contributed by atoms with Gasteiger partial charge >= 0.3 is 0 Å². The SMILES string of the molecule is [B]C([B])([B])c1cccc(C(N)=O)n1. The lowest BCUT2D eigenvalue weighted by Gasteiger charge is -2.18. The number of hydrogen-bond acceptors (Lipinski definition) is 2. The predicted octanol–water partition coefficient (Wildman–Crippen LogP) is -1.20. The van der Waals surface area contributed by atoms with Crippen LogP contribution in [0, 0.1) is 0 Å². The molecule has 3 nitrogen and oxygen atoms in total. The number of nitrogens with zero attached hydrogens (tertiary/aromatic N) is 1. The quantitative estimate of drug-likeness (QED) is 0.560. The number of aromatic nitrogens is 1. The highest BCUT2D eigenvalue weighted by Gasteiger charge is 2.15. The number of rotatable bonds is 2. The Hall–Kier alpha value is -1.19. The number of carbonyl (C=O) groups is 1. The van der Waals surface area contributed by atoms with Gasteiger partial charge in [-0.25, -0.2) is 4.98 Å². The molecule has 0 fully saturated rings. The van der Waals surface area contributed by atoms with E-state index in [-0.39, 0.29) is 11.4 Å². The van der Waals surface area contributed by atoms with Gasteiger partial charge in [-0.1, -0.05) is 11.2 Å². The van der Waals surface area contributed by atoms with E-state index in [2.05, 4.69) is 4.98 Å². The van der Waals surface area contributed by atoms with Crippen LogP contribution in [0.1, 0.15) is 16.2 Å². The van der Waals surface area contributed by atoms with Crippen LogP contribution in [-0.2, 0) is 5.11 Å². The van der Waals surface area contributed by atoms with Crippen molar-refractivity contribution < 1.29 is 4.79 Å². The van der Waals surface area contributed by atoms with Crippen molar-refractivity contribution in [3.8, 4) is 0 Å². The Morgan fingerprint density at radius 3 is 2.46 bits per heavy atom. The van der Waals surface area contributed by atoms with Crippen LogP contribution in [0.15, 0.2) is 18.2 Å². The third-order valence-electron chi connectivity index (χ3n) is 1.45. The summed E-state index contributed by atoms with van der Waals surface area (Å²) >= 11 is 0. The number of pyridine rings is 1. The summed E-state index contributed by atoms with van der Waals surface area (Å²) in [7, 11) is 16.1. The lowest BCUT2D eigenvalue weighted by molar-refractivity contribution is 0.0995. The van der Waals surface area contributed by atoms with Crippen molar-refractivity contribution in [3.63, 3.8) is 0 Å². The molecule has 1 aromatic rings. The fraction of sp³-hybridized carbons (Fsp3) is 0.143. The van der Waals surface area contributed by atoms with Gasteiger partial charge in [-0.3, -0.25) is 4.79 Å². The highest BCUT2D eigenvalue weighted by atomic mass is 16.1. The average molecular weight is 166 g/mol. The zero-order valence-corrected chi connectivity index (χ0v) is 6.90. The summed E-state index contributed by atoms with van der Waals surface area (Å²) in [5.41, 5.74) is 5.30. The molecule has 6 heteroatoms. The number of primary amides is 1. The van der Waals surface area contributed by atoms with E-state index in [1.54, 1.807) is 6.07 Å². The normalized spacial score (nSPS) is 11.1. The number of amides is 1. The molecular formula is C7H5B3N2O. The van der Waals surface area contributed by atoms with Gasteiger partial charge in [0.05, 0.1) is 23.5 Å². The van der Waals surface area contributed by atoms with Gasteiger partial charge in [-0.15, -0.1) is 0 Å². The molecule has 1 aromatic heterocycles. The van der Waals surface area contributed by atoms with E-state index in [1.165, 1.54) is 12.1 Å². The molecule has 6 radical (unpaired) electrons. The highest BCUT2D eigenvalue weighted by molar-refractivity contribution is 6.58. The molecule has 2 N–H and O–H groups in total. The second kappa shape index (κ2) is 3.28. The first-order valence-corrected chi connectivity index (χ1v) is 3.55. The van der Waals surface area contributed by atoms with Crippen LogP contribution < -0.4 is 5.73 Å². The van der Waals surface area contributed by atoms with Crippen LogP contribution in [0.5, 0.6) is 0 Å². The number of carbonyl (C=O) groups excluding carboxylic acids is 1. The first kappa shape index (κ1) is 9.90. The zero-order chi connectivity index (χ0) is 10.1. The Labute approximate surface area is 80.3 Å². The molecular weight excluding hydrogens is 161 g/mol. The third-order valence-corrected chi connectivity index (χ3v) is 1.45. The summed E-state index contributed by atoms with van der Waals surface area (Å²) < 4.78 is 0. The van der Waals surface area contributed by atoms with Gasteiger partial charge in [0.1, 0.15) is 5.69 Å². The maximum atomic E-state index is 10.7. The Kier molecular flexibility index (Phi) is 2.50. The van der Waals surface area contributed by atoms with Gasteiger partial charge in [-0.2, -0.15) is 0 Å². The number of nitrogens with two attached hydrogens (primary N) is 1. The molecule has 0 aromatic carbocycles. The lowest BCUT2D eigenvalue weighted by Crippen LogP contribution is -2.29. The van der Waals surface area contributed by atoms with Crippen LogP contribution in [0.4, 0.5) is 0 Å². The molecule has 0 saturated heterocycles. The topological polar surface area (TPSA) is 56.0 Å². The van der Waals surface area contributed by atoms with Crippen LogP contribution in [-0.4, -0.2) is 34.4 Å². The van der Waals surface area contributed by atoms with E-state index < -0.39 is 11.0 Å². The minimum Gasteiger partial charge on any atom is -0.364 e. The molecule has 1 rings (SSSR count). The molecule has 1 heterocycles. The molecule has 0 saturated carbocycles. The largest absolute Gasteiger partial charge is 0.364 e. The minimum atomic E-state index is -1.55. The summed E-state index contributed by atoms with van der Waals surface area (Å²) in [5, 5.41) is -1.55. The van der Waals surface area contributed by atoms with Crippen molar-refractivity contribution >= 4 is 29.4 Å². The summed E-state index contributed by atoms with van der Waals surface area (Å²) in [4.78, 5) is 14.5. The van der Waals surface area contributed by atoms with E-state index >= 15 is 0 Å². The standard InChI is InChI=1S/C7H5B3N2O/c8-7(9,10)5-3-1-2-4(12-5)6(11)13/h1-3H,(H2,11,13). The summed E-state index contributed by atoms with van der Waals surface area (Å²) in [6.07, 6.45) is 0. The Morgan fingerprint density at radius 1 is 1.38 bits per heavy atom. The molecule has 13 heavy (non-hydrogen) atoms. The van der Waals surface area contributed by atoms with Crippen molar-refractivity contribution in [1.82, 2.24) is 4.98 Å². The van der Waals surface area contributed by atoms with Crippen LogP contribution in [0.25, 0.3) is 0 Å². The fourth-order valence-corrected chi connectivity index (χ4v) is 0.813. The molecule has 0 aliphatic heterocycles. The van der Waals surface area contributed by atoms with Crippen molar-refractivity contribution in [2.24, 2.45) is 5.73 Å². The highest BCUT2D eigenvalue weighted by Crippen LogP contribution is 2.10. The van der Waals surface area contributed by atoms with E-state index in [0.29, 0.717) is 0 Å². The zero-order valence-electron chi connectivity index (χ0n) is 6.90. The van der Waals surface area contributed by atoms with Gasteiger partial charge in [-0.05, 0) is 12.1 Å². The van der Waals surface area contributed by atoms with Crippen LogP contribution >= 0.6 is 0 Å². The predicted molar refractivity (Wildman–Crippen MR) is 51.7 cm³/mol. The maximum absolute atomic E-state index is 10.7. The molecule has 58 valence electrons. The van der Waals surface area contributed by atoms with E-state index in [4.69, 9.17) is 29.3 Å². The first-order chi connectivity index (χ1) is 5.91. The maximum Gasteiger partial charge on any atom is 0.267 e. The molecule has 0 spiro atoms. The second-order valence-corrected chi connectivity index (χ2v) is 2.71. The molecule has 0 unspecified atom stereocenters. The minimum absolute atomic E-state index is 0.0863. The van der Waals surface area contributed by atoms with Gasteiger partial charge in [0, 0.05) is 5.69 Å². The monoisotopic (exact) mass is 166 g/mol. The molecule has 0 atom stereocenters. The Bertz CT molecular complexity index is 335. The molecule has 0 bridgehead atoms. The van der Waals surface area contributed by atoms with E-state index in [9.17, 15) is 4.79 Å². The van der Waals surface area contributed by atoms with Gasteiger partial charge in [0.25, 0.3) is 5.91 Å². The molecule has 0 aliphatic carbocycles. The van der Waals surface area contributed by atoms with E-state index in [0.717, 1.165) is 0 Å². The molecule has 1 amide bonds. The lowest BCUT2D eigenvalue weighted by atomic mass is 9.41. The van der Waals surface area contributed by atoms with Crippen molar-refractivity contribution in [2.75, 3.05) is 0 Å². The summed E-state index contributed by atoms with van der Waals surface area (Å²) in [5.74, 6) is -0.647. The smallest absolute Gasteiger partial charge is 0.267 e. The van der Waals surface area contributed by atoms with Crippen molar-refractivity contribution in [2.45, 2.75) is 5.11 Å². The van der Waals surface area contributed by atoms with Gasteiger partial charge in [0.15, 0.2) is 0 Å². The van der Waals surface area contributed by atoms with Crippen molar-refractivity contribution in [1.29, 1.82) is 0 Å². The van der Waals surface area contributed by atoms with Gasteiger partial charge in [0.2, 0.25) is 0 Å². The van der Waals surface area contributed by atoms with Gasteiger partial charge < -0.3 is 5.73 Å². The van der Waals surface area contributed by atoms with E-state index in [1.807, 2.05) is 0 Å². The number of hydrogen-bond donors (Lipinski definition) is 1. The van der Waals surface area contributed by atoms with Crippen LogP contribution in [0.2, 0.25) is 0 Å². The Balaban J connectivity index is 3.13.